The number of fused-ring (bicyclic) bond motifs is 5. The summed E-state index contributed by atoms with van der Waals surface area (Å²) >= 11 is 0. The SMILES string of the molecule is COCOC(=O)CC[C@@H](C)[C@H]1CC[C@H]2[C@@H]3CC=C4C[C@@H](OCOC)CC[C@]4(C)[C@H]3[C@H](OCOC)C[C@]12C. The molecule has 9 atom stereocenters. The highest BCUT2D eigenvalue weighted by Gasteiger charge is 2.62. The number of carbonyl (C=O) groups excluding carboxylic acids is 1. The van der Waals surface area contributed by atoms with Crippen LogP contribution in [0.2, 0.25) is 0 Å². The first kappa shape index (κ1) is 29.0. The fourth-order valence-electron chi connectivity index (χ4n) is 9.06. The lowest BCUT2D eigenvalue weighted by Gasteiger charge is -2.61. The van der Waals surface area contributed by atoms with E-state index in [0.717, 1.165) is 38.5 Å². The minimum atomic E-state index is -0.165. The first-order valence-corrected chi connectivity index (χ1v) is 14.3. The summed E-state index contributed by atoms with van der Waals surface area (Å²) < 4.78 is 33.2. The minimum absolute atomic E-state index is 0.0333. The number of esters is 1. The largest absolute Gasteiger partial charge is 0.438 e. The van der Waals surface area contributed by atoms with Gasteiger partial charge in [-0.3, -0.25) is 4.79 Å². The van der Waals surface area contributed by atoms with E-state index in [2.05, 4.69) is 26.8 Å². The number of hydrogen-bond acceptors (Lipinski definition) is 7. The van der Waals surface area contributed by atoms with Gasteiger partial charge < -0.3 is 28.4 Å². The van der Waals surface area contributed by atoms with Crippen LogP contribution in [0.25, 0.3) is 0 Å². The quantitative estimate of drug-likeness (QED) is 0.184. The molecule has 4 aliphatic carbocycles. The van der Waals surface area contributed by atoms with Gasteiger partial charge in [-0.15, -0.1) is 0 Å². The van der Waals surface area contributed by atoms with Gasteiger partial charge in [0.15, 0.2) is 6.79 Å². The van der Waals surface area contributed by atoms with E-state index in [1.54, 1.807) is 26.9 Å². The van der Waals surface area contributed by atoms with Gasteiger partial charge in [-0.2, -0.15) is 0 Å². The Morgan fingerprint density at radius 1 is 1.03 bits per heavy atom. The van der Waals surface area contributed by atoms with Gasteiger partial charge >= 0.3 is 5.97 Å². The zero-order chi connectivity index (χ0) is 26.6. The third kappa shape index (κ3) is 5.81. The summed E-state index contributed by atoms with van der Waals surface area (Å²) in [6.45, 7) is 8.09. The fourth-order valence-corrected chi connectivity index (χ4v) is 9.06. The van der Waals surface area contributed by atoms with Gasteiger partial charge in [-0.05, 0) is 91.8 Å². The molecule has 3 fully saturated rings. The molecule has 0 heterocycles. The lowest BCUT2D eigenvalue weighted by atomic mass is 9.46. The molecule has 0 unspecified atom stereocenters. The number of hydrogen-bond donors (Lipinski definition) is 0. The molecule has 7 heteroatoms. The van der Waals surface area contributed by atoms with Crippen molar-refractivity contribution in [2.75, 3.05) is 41.7 Å². The Hall–Kier alpha value is -0.990. The zero-order valence-corrected chi connectivity index (χ0v) is 24.0. The second kappa shape index (κ2) is 12.5. The lowest BCUT2D eigenvalue weighted by molar-refractivity contribution is -0.185. The van der Waals surface area contributed by atoms with E-state index in [1.807, 2.05) is 0 Å². The Morgan fingerprint density at radius 3 is 2.49 bits per heavy atom. The fraction of sp³-hybridized carbons (Fsp3) is 0.900. The van der Waals surface area contributed by atoms with Gasteiger partial charge in [0.2, 0.25) is 0 Å². The Balaban J connectivity index is 1.53. The Morgan fingerprint density at radius 2 is 1.76 bits per heavy atom. The second-order valence-electron chi connectivity index (χ2n) is 12.6. The first-order valence-electron chi connectivity index (χ1n) is 14.3. The molecule has 0 amide bonds. The highest BCUT2D eigenvalue weighted by atomic mass is 16.7. The van der Waals surface area contributed by atoms with E-state index in [0.29, 0.717) is 49.6 Å². The Kier molecular flexibility index (Phi) is 9.77. The van der Waals surface area contributed by atoms with E-state index >= 15 is 0 Å². The van der Waals surface area contributed by atoms with Crippen LogP contribution in [0.1, 0.15) is 78.6 Å². The molecule has 4 rings (SSSR count). The second-order valence-corrected chi connectivity index (χ2v) is 12.6. The molecule has 0 bridgehead atoms. The average molecular weight is 523 g/mol. The van der Waals surface area contributed by atoms with Crippen LogP contribution in [0.5, 0.6) is 0 Å². The van der Waals surface area contributed by atoms with E-state index in [-0.39, 0.29) is 35.8 Å². The summed E-state index contributed by atoms with van der Waals surface area (Å²) in [7, 11) is 4.95. The molecule has 0 spiro atoms. The maximum Gasteiger partial charge on any atom is 0.307 e. The van der Waals surface area contributed by atoms with Crippen LogP contribution in [0, 0.1) is 40.4 Å². The summed E-state index contributed by atoms with van der Waals surface area (Å²) in [5, 5.41) is 0. The Labute approximate surface area is 223 Å². The maximum absolute atomic E-state index is 12.1. The molecule has 0 aliphatic heterocycles. The van der Waals surface area contributed by atoms with Crippen LogP contribution in [0.4, 0.5) is 0 Å². The molecule has 0 aromatic rings. The summed E-state index contributed by atoms with van der Waals surface area (Å²) in [4.78, 5) is 12.1. The van der Waals surface area contributed by atoms with E-state index in [4.69, 9.17) is 28.4 Å². The van der Waals surface area contributed by atoms with Gasteiger partial charge in [0.25, 0.3) is 0 Å². The minimum Gasteiger partial charge on any atom is -0.438 e. The van der Waals surface area contributed by atoms with Gasteiger partial charge in [-0.25, -0.2) is 0 Å². The standard InChI is InChI=1S/C30H50O7/c1-20(7-12-27(31)37-19-34-6)24-10-11-25-23-9-8-21-15-22(35-17-32-4)13-14-29(21,2)28(23)26(36-18-33-5)16-30(24,25)3/h8,20,22-26,28H,7,9-19H2,1-6H3/t20-,22+,23+,24-,25+,26-,28-,29+,30-/m1/s1. The highest BCUT2D eigenvalue weighted by Crippen LogP contribution is 2.67. The molecule has 0 aromatic carbocycles. The molecule has 0 N–H and O–H groups in total. The summed E-state index contributed by atoms with van der Waals surface area (Å²) in [6.07, 6.45) is 12.2. The molecule has 37 heavy (non-hydrogen) atoms. The van der Waals surface area contributed by atoms with Gasteiger partial charge in [-0.1, -0.05) is 32.4 Å². The normalized spacial score (nSPS) is 39.8. The van der Waals surface area contributed by atoms with Crippen molar-refractivity contribution in [3.8, 4) is 0 Å². The number of allylic oxidation sites excluding steroid dienone is 1. The van der Waals surface area contributed by atoms with Crippen molar-refractivity contribution < 1.29 is 33.2 Å². The molecule has 0 aromatic heterocycles. The van der Waals surface area contributed by atoms with Crippen LogP contribution in [-0.4, -0.2) is 59.9 Å². The van der Waals surface area contributed by atoms with Crippen LogP contribution in [0.15, 0.2) is 11.6 Å². The predicted molar refractivity (Wildman–Crippen MR) is 140 cm³/mol. The number of carbonyl (C=O) groups is 1. The van der Waals surface area contributed by atoms with E-state index in [9.17, 15) is 4.79 Å². The average Bonchev–Trinajstić information content (AvgIpc) is 3.24. The lowest BCUT2D eigenvalue weighted by Crippen LogP contribution is -2.57. The third-order valence-corrected chi connectivity index (χ3v) is 10.7. The molecule has 4 aliphatic rings. The van der Waals surface area contributed by atoms with Crippen molar-refractivity contribution >= 4 is 5.97 Å². The van der Waals surface area contributed by atoms with Gasteiger partial charge in [0.05, 0.1) is 12.2 Å². The van der Waals surface area contributed by atoms with Crippen molar-refractivity contribution in [3.63, 3.8) is 0 Å². The topological polar surface area (TPSA) is 72.5 Å². The van der Waals surface area contributed by atoms with Crippen LogP contribution < -0.4 is 0 Å². The van der Waals surface area contributed by atoms with E-state index in [1.165, 1.54) is 12.8 Å². The van der Waals surface area contributed by atoms with E-state index < -0.39 is 0 Å². The van der Waals surface area contributed by atoms with Crippen LogP contribution in [0.3, 0.4) is 0 Å². The predicted octanol–water partition coefficient (Wildman–Crippen LogP) is 5.72. The molecule has 0 radical (unpaired) electrons. The van der Waals surface area contributed by atoms with Gasteiger partial charge in [0, 0.05) is 27.8 Å². The van der Waals surface area contributed by atoms with Crippen molar-refractivity contribution in [2.24, 2.45) is 40.4 Å². The summed E-state index contributed by atoms with van der Waals surface area (Å²) in [5.74, 6) is 2.69. The Bertz CT molecular complexity index is 799. The molecule has 0 saturated heterocycles. The monoisotopic (exact) mass is 522 g/mol. The van der Waals surface area contributed by atoms with Gasteiger partial charge in [0.1, 0.15) is 13.6 Å². The molecular weight excluding hydrogens is 472 g/mol. The molecule has 3 saturated carbocycles. The number of ether oxygens (including phenoxy) is 6. The molecule has 212 valence electrons. The third-order valence-electron chi connectivity index (χ3n) is 10.7. The van der Waals surface area contributed by atoms with Crippen molar-refractivity contribution in [1.82, 2.24) is 0 Å². The van der Waals surface area contributed by atoms with Crippen molar-refractivity contribution in [3.05, 3.63) is 11.6 Å². The molecule has 7 nitrogen and oxygen atoms in total. The summed E-state index contributed by atoms with van der Waals surface area (Å²) in [6, 6.07) is 0. The maximum atomic E-state index is 12.1. The van der Waals surface area contributed by atoms with Crippen LogP contribution in [-0.2, 0) is 33.2 Å². The highest BCUT2D eigenvalue weighted by molar-refractivity contribution is 5.69. The number of methoxy groups -OCH3 is 3. The molecular formula is C30H50O7. The zero-order valence-electron chi connectivity index (χ0n) is 24.0. The van der Waals surface area contributed by atoms with Crippen LogP contribution >= 0.6 is 0 Å². The van der Waals surface area contributed by atoms with Crippen molar-refractivity contribution in [2.45, 2.75) is 90.8 Å². The van der Waals surface area contributed by atoms with Crippen molar-refractivity contribution in [1.29, 1.82) is 0 Å². The smallest absolute Gasteiger partial charge is 0.307 e. The first-order chi connectivity index (χ1) is 17.8. The summed E-state index contributed by atoms with van der Waals surface area (Å²) in [5.41, 5.74) is 1.91. The number of rotatable bonds is 12.